The summed E-state index contributed by atoms with van der Waals surface area (Å²) in [6.45, 7) is 0.831. The van der Waals surface area contributed by atoms with Gasteiger partial charge in [0.15, 0.2) is 10.6 Å². The van der Waals surface area contributed by atoms with Gasteiger partial charge in [0.25, 0.3) is 0 Å². The number of imidazole rings is 1. The van der Waals surface area contributed by atoms with Crippen LogP contribution in [0.1, 0.15) is 17.9 Å². The smallest absolute Gasteiger partial charge is 0.195 e. The molecule has 4 rings (SSSR count). The van der Waals surface area contributed by atoms with E-state index in [1.165, 1.54) is 5.57 Å². The van der Waals surface area contributed by atoms with Crippen molar-refractivity contribution in [3.63, 3.8) is 0 Å². The lowest BCUT2D eigenvalue weighted by Gasteiger charge is -2.18. The topological polar surface area (TPSA) is 74.3 Å². The van der Waals surface area contributed by atoms with Crippen LogP contribution in [0.2, 0.25) is 0 Å². The third kappa shape index (κ3) is 2.68. The van der Waals surface area contributed by atoms with E-state index in [9.17, 15) is 0 Å². The molecule has 3 N–H and O–H groups in total. The third-order valence-electron chi connectivity index (χ3n) is 4.32. The number of nitrogens with one attached hydrogen (secondary N) is 3. The Bertz CT molecular complexity index is 823. The molecule has 2 unspecified atom stereocenters. The van der Waals surface area contributed by atoms with E-state index in [4.69, 9.17) is 12.2 Å². The van der Waals surface area contributed by atoms with Gasteiger partial charge in [-0.25, -0.2) is 4.98 Å². The summed E-state index contributed by atoms with van der Waals surface area (Å²) in [5.74, 6) is 1.25. The van der Waals surface area contributed by atoms with Crippen LogP contribution in [0.15, 0.2) is 43.0 Å². The second-order valence-electron chi connectivity index (χ2n) is 5.77. The molecule has 6 nitrogen and oxygen atoms in total. The highest BCUT2D eigenvalue weighted by Gasteiger charge is 2.30. The van der Waals surface area contributed by atoms with Crippen LogP contribution in [-0.2, 0) is 13.0 Å². The van der Waals surface area contributed by atoms with Gasteiger partial charge in [-0.2, -0.15) is 5.10 Å². The molecule has 2 aromatic heterocycles. The number of H-pyrrole nitrogens is 2. The van der Waals surface area contributed by atoms with Gasteiger partial charge in [0.1, 0.15) is 0 Å². The summed E-state index contributed by atoms with van der Waals surface area (Å²) < 4.78 is 2.76. The van der Waals surface area contributed by atoms with Crippen molar-refractivity contribution in [2.24, 2.45) is 5.92 Å². The van der Waals surface area contributed by atoms with Gasteiger partial charge >= 0.3 is 0 Å². The monoisotopic (exact) mass is 326 g/mol. The lowest BCUT2D eigenvalue weighted by Crippen LogP contribution is -2.25. The maximum Gasteiger partial charge on any atom is 0.195 e. The molecule has 0 amide bonds. The average Bonchev–Trinajstić information content (AvgIpc) is 3.28. The predicted molar refractivity (Wildman–Crippen MR) is 91.0 cm³/mol. The molecule has 0 bridgehead atoms. The van der Waals surface area contributed by atoms with Crippen molar-refractivity contribution in [1.82, 2.24) is 30.0 Å². The Morgan fingerprint density at radius 2 is 2.17 bits per heavy atom. The Kier molecular flexibility index (Phi) is 3.70. The SMILES string of the molecule is S=c1[nH]nc(C2=CNC3C=CC=CC23)n1CCCc1cnc[nH]1. The van der Waals surface area contributed by atoms with E-state index in [1.54, 1.807) is 6.33 Å². The zero-order valence-corrected chi connectivity index (χ0v) is 13.4. The average molecular weight is 326 g/mol. The number of hydrogen-bond donors (Lipinski definition) is 3. The van der Waals surface area contributed by atoms with Gasteiger partial charge in [0.2, 0.25) is 0 Å². The molecule has 1 aliphatic heterocycles. The van der Waals surface area contributed by atoms with Crippen LogP contribution in [0.3, 0.4) is 0 Å². The Morgan fingerprint density at radius 3 is 3.04 bits per heavy atom. The summed E-state index contributed by atoms with van der Waals surface area (Å²) in [6.07, 6.45) is 16.1. The van der Waals surface area contributed by atoms with Crippen LogP contribution in [0.5, 0.6) is 0 Å². The zero-order valence-electron chi connectivity index (χ0n) is 12.6. The maximum absolute atomic E-state index is 5.41. The molecular formula is C16H18N6S. The van der Waals surface area contributed by atoms with Crippen molar-refractivity contribution in [3.8, 4) is 0 Å². The molecule has 118 valence electrons. The molecule has 2 aliphatic rings. The number of aromatic nitrogens is 5. The lowest BCUT2D eigenvalue weighted by molar-refractivity contribution is 0.613. The summed E-state index contributed by atoms with van der Waals surface area (Å²) in [5, 5.41) is 10.8. The number of rotatable bonds is 5. The number of aromatic amines is 2. The first-order chi connectivity index (χ1) is 11.3. The molecule has 0 saturated carbocycles. The molecule has 0 fully saturated rings. The number of aryl methyl sites for hydroxylation is 1. The van der Waals surface area contributed by atoms with Gasteiger partial charge in [-0.05, 0) is 25.1 Å². The molecule has 2 atom stereocenters. The number of allylic oxidation sites excluding steroid dienone is 2. The normalized spacial score (nSPS) is 22.0. The van der Waals surface area contributed by atoms with Gasteiger partial charge in [-0.1, -0.05) is 24.3 Å². The minimum Gasteiger partial charge on any atom is -0.383 e. The van der Waals surface area contributed by atoms with Gasteiger partial charge in [-0.15, -0.1) is 0 Å². The number of nitrogens with zero attached hydrogens (tertiary/aromatic N) is 3. The van der Waals surface area contributed by atoms with Crippen LogP contribution < -0.4 is 5.32 Å². The van der Waals surface area contributed by atoms with Gasteiger partial charge < -0.3 is 14.9 Å². The summed E-state index contributed by atoms with van der Waals surface area (Å²) in [4.78, 5) is 7.18. The van der Waals surface area contributed by atoms with E-state index < -0.39 is 0 Å². The van der Waals surface area contributed by atoms with E-state index in [-0.39, 0.29) is 0 Å². The molecule has 0 saturated heterocycles. The van der Waals surface area contributed by atoms with Crippen LogP contribution >= 0.6 is 12.2 Å². The second kappa shape index (κ2) is 6.00. The largest absolute Gasteiger partial charge is 0.383 e. The number of hydrogen-bond acceptors (Lipinski definition) is 4. The van der Waals surface area contributed by atoms with E-state index in [0.717, 1.165) is 30.9 Å². The minimum atomic E-state index is 0.316. The molecule has 2 aromatic rings. The molecule has 0 spiro atoms. The molecule has 1 aliphatic carbocycles. The van der Waals surface area contributed by atoms with Gasteiger partial charge in [-0.3, -0.25) is 5.10 Å². The first-order valence-electron chi connectivity index (χ1n) is 7.77. The molecule has 0 aromatic carbocycles. The first kappa shape index (κ1) is 14.2. The fraction of sp³-hybridized carbons (Fsp3) is 0.312. The standard InChI is InChI=1S/C16H18N6S/c23-16-21-20-15(13-9-18-14-6-2-1-5-12(13)14)22(16)7-3-4-11-8-17-10-19-11/h1-2,5-6,8-10,12,14,18H,3-4,7H2,(H,17,19)(H,21,23). The van der Waals surface area contributed by atoms with E-state index in [2.05, 4.69) is 60.6 Å². The molecule has 3 heterocycles. The lowest BCUT2D eigenvalue weighted by atomic mass is 9.91. The zero-order chi connectivity index (χ0) is 15.6. The highest BCUT2D eigenvalue weighted by atomic mass is 32.1. The van der Waals surface area contributed by atoms with Gasteiger partial charge in [0, 0.05) is 36.1 Å². The molecule has 7 heteroatoms. The van der Waals surface area contributed by atoms with Crippen molar-refractivity contribution < 1.29 is 0 Å². The molecule has 0 radical (unpaired) electrons. The van der Waals surface area contributed by atoms with Crippen LogP contribution in [-0.4, -0.2) is 30.8 Å². The van der Waals surface area contributed by atoms with E-state index >= 15 is 0 Å². The first-order valence-corrected chi connectivity index (χ1v) is 8.18. The maximum atomic E-state index is 5.41. The Hall–Kier alpha value is -2.41. The van der Waals surface area contributed by atoms with Crippen molar-refractivity contribution >= 4 is 17.8 Å². The molecular weight excluding hydrogens is 308 g/mol. The van der Waals surface area contributed by atoms with Gasteiger partial charge in [0.05, 0.1) is 12.4 Å². The Labute approximate surface area is 139 Å². The van der Waals surface area contributed by atoms with Crippen LogP contribution in [0.25, 0.3) is 5.57 Å². The summed E-state index contributed by atoms with van der Waals surface area (Å²) in [5.41, 5.74) is 2.33. The Morgan fingerprint density at radius 1 is 1.26 bits per heavy atom. The summed E-state index contributed by atoms with van der Waals surface area (Å²) in [6, 6.07) is 0.318. The van der Waals surface area contributed by atoms with Crippen molar-refractivity contribution in [1.29, 1.82) is 0 Å². The van der Waals surface area contributed by atoms with E-state index in [0.29, 0.717) is 16.7 Å². The second-order valence-corrected chi connectivity index (χ2v) is 6.16. The highest BCUT2D eigenvalue weighted by Crippen LogP contribution is 2.32. The van der Waals surface area contributed by atoms with Crippen molar-refractivity contribution in [3.05, 3.63) is 59.3 Å². The highest BCUT2D eigenvalue weighted by molar-refractivity contribution is 7.71. The summed E-state index contributed by atoms with van der Waals surface area (Å²) in [7, 11) is 0. The minimum absolute atomic E-state index is 0.316. The fourth-order valence-electron chi connectivity index (χ4n) is 3.15. The van der Waals surface area contributed by atoms with Crippen LogP contribution in [0.4, 0.5) is 0 Å². The Balaban J connectivity index is 1.53. The van der Waals surface area contributed by atoms with Crippen molar-refractivity contribution in [2.75, 3.05) is 0 Å². The quantitative estimate of drug-likeness (QED) is 0.737. The predicted octanol–water partition coefficient (Wildman–Crippen LogP) is 2.35. The fourth-order valence-corrected chi connectivity index (χ4v) is 3.38. The summed E-state index contributed by atoms with van der Waals surface area (Å²) >= 11 is 5.41. The van der Waals surface area contributed by atoms with E-state index in [1.807, 2.05) is 6.20 Å². The molecule has 23 heavy (non-hydrogen) atoms. The third-order valence-corrected chi connectivity index (χ3v) is 4.64. The van der Waals surface area contributed by atoms with Crippen LogP contribution in [0, 0.1) is 10.7 Å². The number of fused-ring (bicyclic) bond motifs is 1. The van der Waals surface area contributed by atoms with Crippen molar-refractivity contribution in [2.45, 2.75) is 25.4 Å².